The largest absolute Gasteiger partial charge is 0.493 e. The van der Waals surface area contributed by atoms with Crippen LogP contribution in [0, 0.1) is 0 Å². The van der Waals surface area contributed by atoms with Gasteiger partial charge in [0.1, 0.15) is 0 Å². The third-order valence-electron chi connectivity index (χ3n) is 4.07. The van der Waals surface area contributed by atoms with Crippen LogP contribution in [0.5, 0.6) is 11.5 Å². The molecule has 152 valence electrons. The fraction of sp³-hybridized carbons (Fsp3) is 0.350. The zero-order chi connectivity index (χ0) is 20.7. The molecule has 0 heterocycles. The normalized spacial score (nSPS) is 12.4. The third kappa shape index (κ3) is 6.09. The average molecular weight is 413 g/mol. The molecule has 0 aliphatic rings. The SMILES string of the molecule is COc1ccc(CNC(=O)C(C)SCc2ccc(C(F)(F)F)cc2)cc1OC. The van der Waals surface area contributed by atoms with Crippen molar-refractivity contribution in [1.82, 2.24) is 5.32 Å². The molecule has 0 aliphatic carbocycles. The van der Waals surface area contributed by atoms with Gasteiger partial charge in [0.05, 0.1) is 25.0 Å². The van der Waals surface area contributed by atoms with Crippen LogP contribution < -0.4 is 14.8 Å². The highest BCUT2D eigenvalue weighted by molar-refractivity contribution is 7.99. The molecule has 1 amide bonds. The van der Waals surface area contributed by atoms with E-state index >= 15 is 0 Å². The van der Waals surface area contributed by atoms with Crippen molar-refractivity contribution < 1.29 is 27.4 Å². The van der Waals surface area contributed by atoms with Crippen molar-refractivity contribution in [2.24, 2.45) is 0 Å². The van der Waals surface area contributed by atoms with E-state index in [1.54, 1.807) is 33.3 Å². The van der Waals surface area contributed by atoms with E-state index in [-0.39, 0.29) is 11.2 Å². The first-order chi connectivity index (χ1) is 13.2. The minimum Gasteiger partial charge on any atom is -0.493 e. The van der Waals surface area contributed by atoms with E-state index in [4.69, 9.17) is 9.47 Å². The predicted octanol–water partition coefficient (Wildman–Crippen LogP) is 4.66. The van der Waals surface area contributed by atoms with Crippen LogP contribution in [0.4, 0.5) is 13.2 Å². The molecule has 0 spiro atoms. The second-order valence-electron chi connectivity index (χ2n) is 6.06. The molecule has 0 aromatic heterocycles. The molecular formula is C20H22F3NO3S. The molecule has 1 unspecified atom stereocenters. The second-order valence-corrected chi connectivity index (χ2v) is 7.38. The molecule has 28 heavy (non-hydrogen) atoms. The van der Waals surface area contributed by atoms with Gasteiger partial charge in [0, 0.05) is 12.3 Å². The van der Waals surface area contributed by atoms with Gasteiger partial charge in [0.2, 0.25) is 5.91 Å². The van der Waals surface area contributed by atoms with Gasteiger partial charge < -0.3 is 14.8 Å². The van der Waals surface area contributed by atoms with Gasteiger partial charge in [0.15, 0.2) is 11.5 Å². The van der Waals surface area contributed by atoms with Crippen LogP contribution in [0.2, 0.25) is 0 Å². The Morgan fingerprint density at radius 3 is 2.21 bits per heavy atom. The third-order valence-corrected chi connectivity index (χ3v) is 5.28. The van der Waals surface area contributed by atoms with Crippen LogP contribution in [0.15, 0.2) is 42.5 Å². The first-order valence-electron chi connectivity index (χ1n) is 8.51. The van der Waals surface area contributed by atoms with Crippen molar-refractivity contribution in [2.75, 3.05) is 14.2 Å². The Hall–Kier alpha value is -2.35. The summed E-state index contributed by atoms with van der Waals surface area (Å²) in [4.78, 5) is 12.3. The van der Waals surface area contributed by atoms with E-state index in [1.165, 1.54) is 23.9 Å². The fourth-order valence-electron chi connectivity index (χ4n) is 2.41. The number of thioether (sulfide) groups is 1. The van der Waals surface area contributed by atoms with Crippen LogP contribution >= 0.6 is 11.8 Å². The molecule has 1 N–H and O–H groups in total. The summed E-state index contributed by atoms with van der Waals surface area (Å²) in [6.07, 6.45) is -4.34. The van der Waals surface area contributed by atoms with Gasteiger partial charge >= 0.3 is 6.18 Å². The lowest BCUT2D eigenvalue weighted by molar-refractivity contribution is -0.137. The summed E-state index contributed by atoms with van der Waals surface area (Å²) in [5.41, 5.74) is 0.922. The van der Waals surface area contributed by atoms with E-state index in [0.29, 0.717) is 23.8 Å². The molecule has 0 radical (unpaired) electrons. The summed E-state index contributed by atoms with van der Waals surface area (Å²) in [5.74, 6) is 1.49. The van der Waals surface area contributed by atoms with Gasteiger partial charge in [-0.1, -0.05) is 18.2 Å². The molecule has 2 rings (SSSR count). The van der Waals surface area contributed by atoms with Gasteiger partial charge in [-0.3, -0.25) is 4.79 Å². The number of alkyl halides is 3. The highest BCUT2D eigenvalue weighted by Crippen LogP contribution is 2.30. The number of amides is 1. The average Bonchev–Trinajstić information content (AvgIpc) is 2.69. The zero-order valence-electron chi connectivity index (χ0n) is 15.8. The maximum Gasteiger partial charge on any atom is 0.416 e. The van der Waals surface area contributed by atoms with Crippen LogP contribution in [-0.4, -0.2) is 25.4 Å². The summed E-state index contributed by atoms with van der Waals surface area (Å²) in [7, 11) is 3.09. The molecule has 4 nitrogen and oxygen atoms in total. The summed E-state index contributed by atoms with van der Waals surface area (Å²) in [6, 6.07) is 10.4. The molecule has 2 aromatic carbocycles. The molecule has 0 fully saturated rings. The van der Waals surface area contributed by atoms with E-state index in [2.05, 4.69) is 5.32 Å². The van der Waals surface area contributed by atoms with E-state index in [1.807, 2.05) is 6.07 Å². The molecule has 2 aromatic rings. The number of hydrogen-bond donors (Lipinski definition) is 1. The molecule has 1 atom stereocenters. The molecule has 0 saturated heterocycles. The topological polar surface area (TPSA) is 47.6 Å². The predicted molar refractivity (Wildman–Crippen MR) is 104 cm³/mol. The molecular weight excluding hydrogens is 391 g/mol. The van der Waals surface area contributed by atoms with Crippen LogP contribution in [0.25, 0.3) is 0 Å². The van der Waals surface area contributed by atoms with Crippen molar-refractivity contribution in [1.29, 1.82) is 0 Å². The number of carbonyl (C=O) groups excluding carboxylic acids is 1. The highest BCUT2D eigenvalue weighted by Gasteiger charge is 2.29. The number of hydrogen-bond acceptors (Lipinski definition) is 4. The van der Waals surface area contributed by atoms with Crippen molar-refractivity contribution in [3.05, 3.63) is 59.2 Å². The lowest BCUT2D eigenvalue weighted by Crippen LogP contribution is -2.30. The number of ether oxygens (including phenoxy) is 2. The minimum atomic E-state index is -4.34. The Labute approximate surface area is 166 Å². The van der Waals surface area contributed by atoms with Crippen molar-refractivity contribution in [2.45, 2.75) is 30.6 Å². The van der Waals surface area contributed by atoms with Crippen molar-refractivity contribution in [3.8, 4) is 11.5 Å². The fourth-order valence-corrected chi connectivity index (χ4v) is 3.28. The second kappa shape index (κ2) is 9.73. The maximum absolute atomic E-state index is 12.6. The van der Waals surface area contributed by atoms with Gasteiger partial charge in [-0.25, -0.2) is 0 Å². The van der Waals surface area contributed by atoms with Gasteiger partial charge in [-0.05, 0) is 42.3 Å². The minimum absolute atomic E-state index is 0.147. The number of methoxy groups -OCH3 is 2. The molecule has 0 aliphatic heterocycles. The first kappa shape index (κ1) is 21.9. The Kier molecular flexibility index (Phi) is 7.62. The van der Waals surface area contributed by atoms with Crippen molar-refractivity contribution in [3.63, 3.8) is 0 Å². The van der Waals surface area contributed by atoms with Crippen LogP contribution in [-0.2, 0) is 23.3 Å². The Morgan fingerprint density at radius 1 is 1.04 bits per heavy atom. The Balaban J connectivity index is 1.84. The number of rotatable bonds is 8. The molecule has 0 bridgehead atoms. The van der Waals surface area contributed by atoms with Crippen LogP contribution in [0.1, 0.15) is 23.6 Å². The number of halogens is 3. The van der Waals surface area contributed by atoms with Crippen LogP contribution in [0.3, 0.4) is 0 Å². The Morgan fingerprint density at radius 2 is 1.64 bits per heavy atom. The maximum atomic E-state index is 12.6. The highest BCUT2D eigenvalue weighted by atomic mass is 32.2. The molecule has 0 saturated carbocycles. The first-order valence-corrected chi connectivity index (χ1v) is 9.56. The smallest absolute Gasteiger partial charge is 0.416 e. The number of benzene rings is 2. The number of nitrogens with one attached hydrogen (secondary N) is 1. The van der Waals surface area contributed by atoms with E-state index < -0.39 is 11.7 Å². The summed E-state index contributed by atoms with van der Waals surface area (Å²) < 4.78 is 48.2. The van der Waals surface area contributed by atoms with E-state index in [0.717, 1.165) is 23.3 Å². The quantitative estimate of drug-likeness (QED) is 0.684. The number of carbonyl (C=O) groups is 1. The lowest BCUT2D eigenvalue weighted by atomic mass is 10.1. The summed E-state index contributed by atoms with van der Waals surface area (Å²) in [6.45, 7) is 2.10. The molecule has 8 heteroatoms. The zero-order valence-corrected chi connectivity index (χ0v) is 16.6. The van der Waals surface area contributed by atoms with E-state index in [9.17, 15) is 18.0 Å². The van der Waals surface area contributed by atoms with Gasteiger partial charge in [-0.2, -0.15) is 13.2 Å². The van der Waals surface area contributed by atoms with Crippen molar-refractivity contribution >= 4 is 17.7 Å². The Bertz CT molecular complexity index is 794. The lowest BCUT2D eigenvalue weighted by Gasteiger charge is -2.14. The monoisotopic (exact) mass is 413 g/mol. The van der Waals surface area contributed by atoms with Gasteiger partial charge in [0.25, 0.3) is 0 Å². The standard InChI is InChI=1S/C20H22F3NO3S/c1-13(28-12-14-4-7-16(8-5-14)20(21,22)23)19(25)24-11-15-6-9-17(26-2)18(10-15)27-3/h4-10,13H,11-12H2,1-3H3,(H,24,25). The van der Waals surface area contributed by atoms with Gasteiger partial charge in [-0.15, -0.1) is 11.8 Å². The summed E-state index contributed by atoms with van der Waals surface area (Å²) >= 11 is 1.36. The summed E-state index contributed by atoms with van der Waals surface area (Å²) in [5, 5.41) is 2.50.